The summed E-state index contributed by atoms with van der Waals surface area (Å²) in [5.74, 6) is -3.20. The van der Waals surface area contributed by atoms with E-state index in [1.54, 1.807) is 0 Å². The van der Waals surface area contributed by atoms with E-state index in [9.17, 15) is 69.2 Å². The van der Waals surface area contributed by atoms with Gasteiger partial charge in [0.2, 0.25) is 0 Å². The van der Waals surface area contributed by atoms with E-state index in [2.05, 4.69) is 39.0 Å². The molecule has 28 nitrogen and oxygen atoms in total. The first-order valence-corrected chi connectivity index (χ1v) is 28.0. The quantitative estimate of drug-likeness (QED) is 0.0595. The third-order valence-electron chi connectivity index (χ3n) is 9.60. The minimum Gasteiger partial charge on any atom is -0.282 e. The van der Waals surface area contributed by atoms with Crippen LogP contribution in [0.3, 0.4) is 0 Å². The Morgan fingerprint density at radius 2 is 0.845 bits per heavy atom. The summed E-state index contributed by atoms with van der Waals surface area (Å²) in [5, 5.41) is 25.7. The van der Waals surface area contributed by atoms with Crippen molar-refractivity contribution >= 4 is 136 Å². The number of hydrazone groups is 2. The summed E-state index contributed by atoms with van der Waals surface area (Å²) in [4.78, 5) is 24.3. The van der Waals surface area contributed by atoms with E-state index in [1.165, 1.54) is 38.1 Å². The van der Waals surface area contributed by atoms with Crippen LogP contribution in [-0.2, 0) is 78.7 Å². The first-order chi connectivity index (χ1) is 32.3. The summed E-state index contributed by atoms with van der Waals surface area (Å²) < 4.78 is 190. The Hall–Kier alpha value is -5.18. The Balaban J connectivity index is 0.00000937. The van der Waals surface area contributed by atoms with Gasteiger partial charge >= 0.3 is 20.8 Å². The molecular formula is C36H34N8NaO20S6. The van der Waals surface area contributed by atoms with Crippen molar-refractivity contribution in [1.29, 1.82) is 0 Å². The number of carbonyl (C=O) groups is 2. The molecule has 2 amide bonds. The van der Waals surface area contributed by atoms with Crippen molar-refractivity contribution in [2.45, 2.75) is 45.5 Å². The molecule has 4 aromatic carbocycles. The Morgan fingerprint density at radius 3 is 1.14 bits per heavy atom. The van der Waals surface area contributed by atoms with Crippen molar-refractivity contribution in [3.63, 3.8) is 0 Å². The maximum atomic E-state index is 13.3. The minimum atomic E-state index is -5.21. The number of azo groups is 2. The standard InChI is InChI=1S/C36H34N8O20S6.Na/c1-21-33(35(45)43(41-21)25-5-9-27(10-6-25)65(47,48)17-15-63-69(57,58)59)39-37-23-3-13-29(31(19-23)67(51,52)53)30-14-4-24(20-32(30)68(54,55)56)38-40-34-22(2)42-44(36(34)46)26-7-11-28(12-8-26)66(49,50)18-16-64-70(60,61)62;/h3-14,19-20,33-34H,15-18H2,1-2H3,(H,51,52,53)(H,54,55,56)(H,57,58,59)(H,60,61,62);. The molecular weight excluding hydrogens is 1080 g/mol. The predicted octanol–water partition coefficient (Wildman–Crippen LogP) is 2.40. The molecule has 2 aliphatic heterocycles. The number of anilines is 2. The van der Waals surface area contributed by atoms with Gasteiger partial charge < -0.3 is 0 Å². The van der Waals surface area contributed by atoms with E-state index < -0.39 is 130 Å². The summed E-state index contributed by atoms with van der Waals surface area (Å²) in [6.45, 7) is 1.06. The zero-order valence-corrected chi connectivity index (χ0v) is 43.3. The number of benzene rings is 4. The van der Waals surface area contributed by atoms with Crippen LogP contribution in [0.1, 0.15) is 13.8 Å². The van der Waals surface area contributed by atoms with Gasteiger partial charge in [0.15, 0.2) is 31.8 Å². The van der Waals surface area contributed by atoms with Crippen LogP contribution in [0.2, 0.25) is 0 Å². The van der Waals surface area contributed by atoms with E-state index in [4.69, 9.17) is 9.11 Å². The van der Waals surface area contributed by atoms with Crippen molar-refractivity contribution in [3.8, 4) is 11.1 Å². The molecule has 2 atom stereocenters. The molecule has 0 aromatic heterocycles. The maximum Gasteiger partial charge on any atom is 0.397 e. The average Bonchev–Trinajstić information content (AvgIpc) is 3.71. The van der Waals surface area contributed by atoms with E-state index in [-0.39, 0.29) is 73.5 Å². The van der Waals surface area contributed by atoms with Gasteiger partial charge in [-0.15, -0.1) is 0 Å². The van der Waals surface area contributed by atoms with E-state index in [0.29, 0.717) is 0 Å². The molecule has 2 unspecified atom stereocenters. The van der Waals surface area contributed by atoms with Crippen LogP contribution in [0.4, 0.5) is 22.7 Å². The zero-order chi connectivity index (χ0) is 51.8. The topological polar surface area (TPSA) is 419 Å². The second-order valence-corrected chi connectivity index (χ2v) is 23.6. The van der Waals surface area contributed by atoms with Crippen LogP contribution >= 0.6 is 0 Å². The molecule has 2 aliphatic rings. The van der Waals surface area contributed by atoms with Crippen LogP contribution in [-0.4, -0.2) is 158 Å². The fraction of sp³-hybridized carbons (Fsp3) is 0.222. The molecule has 375 valence electrons. The second-order valence-electron chi connectivity index (χ2n) is 14.5. The molecule has 1 radical (unpaired) electrons. The molecule has 4 aromatic rings. The van der Waals surface area contributed by atoms with Crippen molar-refractivity contribution in [2.75, 3.05) is 34.7 Å². The van der Waals surface area contributed by atoms with Gasteiger partial charge in [0, 0.05) is 40.7 Å². The molecule has 0 saturated heterocycles. The molecule has 35 heteroatoms. The Kier molecular flexibility index (Phi) is 17.2. The van der Waals surface area contributed by atoms with E-state index >= 15 is 0 Å². The van der Waals surface area contributed by atoms with Gasteiger partial charge in [0.25, 0.3) is 32.1 Å². The largest absolute Gasteiger partial charge is 0.397 e. The SMILES string of the molecule is CC1=NN(c2ccc(S(=O)(=O)CCOS(=O)(=O)O)cc2)C(=O)C1N=Nc1ccc(-c2ccc(N=NC3C(=O)N(c4ccc(S(=O)(=O)CCOS(=O)(=O)O)cc4)N=C3C)cc2S(=O)(=O)O)c(S(=O)(=O)O)c1.[Na]. The van der Waals surface area contributed by atoms with Crippen LogP contribution in [0.15, 0.2) is 135 Å². The second kappa shape index (κ2) is 21.5. The van der Waals surface area contributed by atoms with Crippen LogP contribution in [0.25, 0.3) is 11.1 Å². The number of sulfone groups is 2. The molecule has 0 saturated carbocycles. The molecule has 4 N–H and O–H groups in total. The molecule has 0 bridgehead atoms. The van der Waals surface area contributed by atoms with Crippen molar-refractivity contribution in [1.82, 2.24) is 0 Å². The molecule has 6 rings (SSSR count). The zero-order valence-electron chi connectivity index (χ0n) is 36.4. The summed E-state index contributed by atoms with van der Waals surface area (Å²) in [6, 6.07) is 12.3. The monoisotopic (exact) mass is 1110 g/mol. The van der Waals surface area contributed by atoms with Crippen LogP contribution < -0.4 is 10.0 Å². The van der Waals surface area contributed by atoms with Gasteiger partial charge in [-0.2, -0.15) is 74.3 Å². The molecule has 0 fully saturated rings. The van der Waals surface area contributed by atoms with Crippen LogP contribution in [0.5, 0.6) is 0 Å². The third kappa shape index (κ3) is 14.1. The molecule has 0 aliphatic carbocycles. The summed E-state index contributed by atoms with van der Waals surface area (Å²) in [7, 11) is -28.4. The van der Waals surface area contributed by atoms with Gasteiger partial charge in [0.1, 0.15) is 9.79 Å². The first kappa shape index (κ1) is 56.7. The molecule has 2 heterocycles. The van der Waals surface area contributed by atoms with Crippen molar-refractivity contribution < 1.29 is 86.7 Å². The Morgan fingerprint density at radius 1 is 0.521 bits per heavy atom. The molecule has 0 spiro atoms. The summed E-state index contributed by atoms with van der Waals surface area (Å²) in [5.41, 5.74) is -1.18. The Labute approximate surface area is 426 Å². The third-order valence-corrected chi connectivity index (χ3v) is 15.7. The van der Waals surface area contributed by atoms with Crippen molar-refractivity contribution in [2.24, 2.45) is 30.7 Å². The van der Waals surface area contributed by atoms with Gasteiger partial charge in [-0.05, 0) is 86.6 Å². The fourth-order valence-corrected chi connectivity index (χ4v) is 10.8. The number of hydrogen-bond donors (Lipinski definition) is 4. The number of rotatable bonds is 19. The number of carbonyl (C=O) groups excluding carboxylic acids is 2. The van der Waals surface area contributed by atoms with E-state index in [0.717, 1.165) is 70.7 Å². The average molecular weight is 1110 g/mol. The minimum absolute atomic E-state index is 0. The summed E-state index contributed by atoms with van der Waals surface area (Å²) >= 11 is 0. The fourth-order valence-electron chi connectivity index (χ4n) is 6.34. The number of amides is 2. The smallest absolute Gasteiger partial charge is 0.282 e. The molecule has 71 heavy (non-hydrogen) atoms. The number of hydrogen-bond acceptors (Lipinski definition) is 22. The van der Waals surface area contributed by atoms with Gasteiger partial charge in [-0.3, -0.25) is 27.8 Å². The van der Waals surface area contributed by atoms with E-state index in [1.807, 2.05) is 0 Å². The normalized spacial score (nSPS) is 17.3. The first-order valence-electron chi connectivity index (χ1n) is 19.1. The van der Waals surface area contributed by atoms with Crippen molar-refractivity contribution in [3.05, 3.63) is 84.9 Å². The maximum absolute atomic E-state index is 13.3. The van der Waals surface area contributed by atoms with Crippen LogP contribution in [0, 0.1) is 0 Å². The summed E-state index contributed by atoms with van der Waals surface area (Å²) in [6.07, 6.45) is 0. The Bertz CT molecular complexity index is 3380. The van der Waals surface area contributed by atoms with Gasteiger partial charge in [-0.25, -0.2) is 25.2 Å². The predicted molar refractivity (Wildman–Crippen MR) is 247 cm³/mol. The number of nitrogens with zero attached hydrogens (tertiary/aromatic N) is 8. The van der Waals surface area contributed by atoms with Gasteiger partial charge in [-0.1, -0.05) is 12.1 Å². The van der Waals surface area contributed by atoms with Gasteiger partial charge in [0.05, 0.1) is 68.7 Å².